The van der Waals surface area contributed by atoms with Crippen LogP contribution in [0.1, 0.15) is 39.1 Å². The second-order valence-corrected chi connectivity index (χ2v) is 12.9. The summed E-state index contributed by atoms with van der Waals surface area (Å²) < 4.78 is 0.771. The SMILES string of the molecule is O=C(CSc1nc(-c2cccc(NC(=O)c3cncc(C(=O)O)c3)c2)cs1)NC1CCN(Cc2ccc(Cl)c(Cl)c2)CC1. The molecular weight excluding hydrogens is 629 g/mol. The molecule has 3 heterocycles. The predicted octanol–water partition coefficient (Wildman–Crippen LogP) is 6.34. The van der Waals surface area contributed by atoms with Crippen molar-refractivity contribution in [2.24, 2.45) is 0 Å². The fourth-order valence-corrected chi connectivity index (χ4v) is 6.59. The molecule has 3 N–H and O–H groups in total. The van der Waals surface area contributed by atoms with Crippen LogP contribution in [0.2, 0.25) is 10.0 Å². The molecule has 13 heteroatoms. The van der Waals surface area contributed by atoms with Gasteiger partial charge in [0.1, 0.15) is 0 Å². The van der Waals surface area contributed by atoms with Gasteiger partial charge in [0, 0.05) is 54.7 Å². The van der Waals surface area contributed by atoms with Crippen LogP contribution in [0.25, 0.3) is 11.3 Å². The summed E-state index contributed by atoms with van der Waals surface area (Å²) in [5.74, 6) is -1.37. The lowest BCUT2D eigenvalue weighted by molar-refractivity contribution is -0.119. The highest BCUT2D eigenvalue weighted by Crippen LogP contribution is 2.30. The summed E-state index contributed by atoms with van der Waals surface area (Å²) in [6.45, 7) is 2.58. The number of hydrogen-bond acceptors (Lipinski definition) is 8. The van der Waals surface area contributed by atoms with Gasteiger partial charge >= 0.3 is 5.97 Å². The minimum Gasteiger partial charge on any atom is -0.478 e. The van der Waals surface area contributed by atoms with Gasteiger partial charge in [-0.25, -0.2) is 9.78 Å². The van der Waals surface area contributed by atoms with E-state index < -0.39 is 11.9 Å². The van der Waals surface area contributed by atoms with E-state index in [1.165, 1.54) is 41.6 Å². The highest BCUT2D eigenvalue weighted by atomic mass is 35.5. The molecule has 0 radical (unpaired) electrons. The molecule has 0 saturated carbocycles. The number of carbonyl (C=O) groups excluding carboxylic acids is 2. The number of likely N-dealkylation sites (tertiary alicyclic amines) is 1. The molecule has 4 aromatic rings. The molecule has 2 amide bonds. The molecular formula is C30H27Cl2N5O4S2. The molecule has 0 unspecified atom stereocenters. The summed E-state index contributed by atoms with van der Waals surface area (Å²) in [7, 11) is 0. The number of halogens is 2. The van der Waals surface area contributed by atoms with Crippen molar-refractivity contribution in [1.29, 1.82) is 0 Å². The lowest BCUT2D eigenvalue weighted by atomic mass is 10.0. The van der Waals surface area contributed by atoms with E-state index in [1.54, 1.807) is 18.2 Å². The van der Waals surface area contributed by atoms with E-state index in [0.29, 0.717) is 15.7 Å². The third-order valence-corrected chi connectivity index (χ3v) is 9.58. The normalized spacial score (nSPS) is 13.9. The maximum atomic E-state index is 12.7. The van der Waals surface area contributed by atoms with Crippen molar-refractivity contribution in [3.8, 4) is 11.3 Å². The first-order valence-corrected chi connectivity index (χ1v) is 16.0. The number of nitrogens with one attached hydrogen (secondary N) is 2. The number of aromatic carboxylic acids is 1. The van der Waals surface area contributed by atoms with Gasteiger partial charge in [-0.2, -0.15) is 0 Å². The Kier molecular flexibility index (Phi) is 10.3. The van der Waals surface area contributed by atoms with E-state index in [1.807, 2.05) is 29.6 Å². The molecule has 0 atom stereocenters. The van der Waals surface area contributed by atoms with Gasteiger partial charge in [0.2, 0.25) is 5.91 Å². The highest BCUT2D eigenvalue weighted by molar-refractivity contribution is 8.01. The van der Waals surface area contributed by atoms with Crippen molar-refractivity contribution in [3.63, 3.8) is 0 Å². The van der Waals surface area contributed by atoms with Crippen molar-refractivity contribution in [2.45, 2.75) is 29.8 Å². The molecule has 1 fully saturated rings. The van der Waals surface area contributed by atoms with Gasteiger partial charge in [-0.05, 0) is 48.7 Å². The first-order chi connectivity index (χ1) is 20.7. The van der Waals surface area contributed by atoms with E-state index in [-0.39, 0.29) is 28.8 Å². The molecule has 2 aromatic carbocycles. The zero-order valence-electron chi connectivity index (χ0n) is 22.8. The first-order valence-electron chi connectivity index (χ1n) is 13.4. The number of benzene rings is 2. The summed E-state index contributed by atoms with van der Waals surface area (Å²) >= 11 is 15.0. The molecule has 5 rings (SSSR count). The Morgan fingerprint density at radius 1 is 1.02 bits per heavy atom. The van der Waals surface area contributed by atoms with Crippen LogP contribution < -0.4 is 10.6 Å². The summed E-state index contributed by atoms with van der Waals surface area (Å²) in [5, 5.41) is 18.1. The number of nitrogens with zero attached hydrogens (tertiary/aromatic N) is 3. The fourth-order valence-electron chi connectivity index (χ4n) is 4.62. The lowest BCUT2D eigenvalue weighted by Gasteiger charge is -2.32. The van der Waals surface area contributed by atoms with Crippen LogP contribution in [0.5, 0.6) is 0 Å². The second kappa shape index (κ2) is 14.3. The van der Waals surface area contributed by atoms with E-state index in [4.69, 9.17) is 28.3 Å². The average Bonchev–Trinajstić information content (AvgIpc) is 3.48. The Labute approximate surface area is 266 Å². The van der Waals surface area contributed by atoms with Crippen LogP contribution in [-0.4, -0.2) is 62.6 Å². The van der Waals surface area contributed by atoms with Gasteiger partial charge in [0.05, 0.1) is 32.6 Å². The van der Waals surface area contributed by atoms with Gasteiger partial charge < -0.3 is 15.7 Å². The zero-order chi connectivity index (χ0) is 30.3. The van der Waals surface area contributed by atoms with Gasteiger partial charge in [-0.15, -0.1) is 11.3 Å². The smallest absolute Gasteiger partial charge is 0.337 e. The summed E-state index contributed by atoms with van der Waals surface area (Å²) in [5.41, 5.74) is 3.26. The summed E-state index contributed by atoms with van der Waals surface area (Å²) in [6.07, 6.45) is 4.27. The molecule has 0 spiro atoms. The Morgan fingerprint density at radius 3 is 2.58 bits per heavy atom. The minimum absolute atomic E-state index is 0.0177. The Morgan fingerprint density at radius 2 is 1.81 bits per heavy atom. The predicted molar refractivity (Wildman–Crippen MR) is 170 cm³/mol. The summed E-state index contributed by atoms with van der Waals surface area (Å²) in [6, 6.07) is 14.3. The van der Waals surface area contributed by atoms with E-state index in [9.17, 15) is 14.4 Å². The number of thiazole rings is 1. The summed E-state index contributed by atoms with van der Waals surface area (Å²) in [4.78, 5) is 47.3. The van der Waals surface area contributed by atoms with Gasteiger partial charge in [-0.1, -0.05) is 53.2 Å². The van der Waals surface area contributed by atoms with Crippen LogP contribution in [0.15, 0.2) is 70.6 Å². The number of aromatic nitrogens is 2. The maximum absolute atomic E-state index is 12.7. The van der Waals surface area contributed by atoms with Crippen molar-refractivity contribution in [3.05, 3.63) is 93.0 Å². The maximum Gasteiger partial charge on any atom is 0.337 e. The van der Waals surface area contributed by atoms with Crippen LogP contribution in [0, 0.1) is 0 Å². The largest absolute Gasteiger partial charge is 0.478 e. The minimum atomic E-state index is -1.16. The molecule has 1 saturated heterocycles. The average molecular weight is 657 g/mol. The number of amides is 2. The van der Waals surface area contributed by atoms with Crippen LogP contribution in [0.4, 0.5) is 5.69 Å². The monoisotopic (exact) mass is 655 g/mol. The van der Waals surface area contributed by atoms with Crippen molar-refractivity contribution >= 4 is 69.8 Å². The first kappa shape index (κ1) is 31.0. The fraction of sp³-hybridized carbons (Fsp3) is 0.233. The third kappa shape index (κ3) is 8.55. The lowest BCUT2D eigenvalue weighted by Crippen LogP contribution is -2.44. The molecule has 1 aliphatic rings. The zero-order valence-corrected chi connectivity index (χ0v) is 25.9. The number of carboxylic acid groups (broad SMARTS) is 1. The van der Waals surface area contributed by atoms with Gasteiger partial charge in [-0.3, -0.25) is 19.5 Å². The molecule has 0 bridgehead atoms. The number of carbonyl (C=O) groups is 3. The highest BCUT2D eigenvalue weighted by Gasteiger charge is 2.21. The Hall–Kier alpha value is -3.48. The number of rotatable bonds is 10. The van der Waals surface area contributed by atoms with Crippen molar-refractivity contribution in [1.82, 2.24) is 20.2 Å². The van der Waals surface area contributed by atoms with Crippen molar-refractivity contribution in [2.75, 3.05) is 24.2 Å². The number of carboxylic acids is 1. The van der Waals surface area contributed by atoms with Crippen molar-refractivity contribution < 1.29 is 19.5 Å². The van der Waals surface area contributed by atoms with Gasteiger partial charge in [0.25, 0.3) is 5.91 Å². The quantitative estimate of drug-likeness (QED) is 0.169. The number of hydrogen-bond donors (Lipinski definition) is 3. The molecule has 43 heavy (non-hydrogen) atoms. The van der Waals surface area contributed by atoms with Crippen LogP contribution in [0.3, 0.4) is 0 Å². The topological polar surface area (TPSA) is 125 Å². The Balaban J connectivity index is 1.08. The number of piperidine rings is 1. The molecule has 9 nitrogen and oxygen atoms in total. The second-order valence-electron chi connectivity index (χ2n) is 9.96. The van der Waals surface area contributed by atoms with Crippen LogP contribution >= 0.6 is 46.3 Å². The van der Waals surface area contributed by atoms with Gasteiger partial charge in [0.15, 0.2) is 4.34 Å². The number of pyridine rings is 1. The van der Waals surface area contributed by atoms with E-state index in [2.05, 4.69) is 25.5 Å². The van der Waals surface area contributed by atoms with E-state index >= 15 is 0 Å². The van der Waals surface area contributed by atoms with E-state index in [0.717, 1.165) is 53.6 Å². The Bertz CT molecular complexity index is 1640. The third-order valence-electron chi connectivity index (χ3n) is 6.82. The van der Waals surface area contributed by atoms with Crippen LogP contribution in [-0.2, 0) is 11.3 Å². The molecule has 0 aliphatic carbocycles. The standard InChI is InChI=1S/C30H27Cl2N5O4S2/c31-24-5-4-18(10-25(24)32)15-37-8-6-22(7-9-37)34-27(38)17-43-30-36-26(16-42-30)19-2-1-3-23(12-19)35-28(39)20-11-21(29(40)41)14-33-13-20/h1-5,10-14,16,22H,6-9,15,17H2,(H,34,38)(H,35,39)(H,40,41). The number of thioether (sulfide) groups is 1. The molecule has 1 aliphatic heterocycles. The number of anilines is 1. The molecule has 2 aromatic heterocycles. The molecule has 222 valence electrons.